The van der Waals surface area contributed by atoms with Gasteiger partial charge in [0.15, 0.2) is 0 Å². The van der Waals surface area contributed by atoms with Crippen molar-refractivity contribution in [3.8, 4) is 6.07 Å². The summed E-state index contributed by atoms with van der Waals surface area (Å²) in [6.07, 6.45) is 3.46. The summed E-state index contributed by atoms with van der Waals surface area (Å²) in [5, 5.41) is 8.81. The van der Waals surface area contributed by atoms with Crippen LogP contribution in [-0.2, 0) is 10.0 Å². The summed E-state index contributed by atoms with van der Waals surface area (Å²) in [5.41, 5.74) is 0.310. The Bertz CT molecular complexity index is 610. The molecule has 1 saturated heterocycles. The average Bonchev–Trinajstić information content (AvgIpc) is 2.86. The Morgan fingerprint density at radius 3 is 2.95 bits per heavy atom. The van der Waals surface area contributed by atoms with E-state index in [1.54, 1.807) is 13.1 Å². The van der Waals surface area contributed by atoms with E-state index in [-0.39, 0.29) is 6.04 Å². The molecular formula is C11H15N5O2S. The Hall–Kier alpha value is -1.72. The predicted octanol–water partition coefficient (Wildman–Crippen LogP) is -0.182. The number of nitriles is 1. The van der Waals surface area contributed by atoms with E-state index in [1.807, 2.05) is 11.0 Å². The lowest BCUT2D eigenvalue weighted by atomic mass is 10.3. The van der Waals surface area contributed by atoms with E-state index in [0.29, 0.717) is 24.7 Å². The summed E-state index contributed by atoms with van der Waals surface area (Å²) >= 11 is 0. The normalized spacial score (nSPS) is 19.7. The maximum absolute atomic E-state index is 11.5. The summed E-state index contributed by atoms with van der Waals surface area (Å²) in [4.78, 5) is 10.1. The Kier molecular flexibility index (Phi) is 3.68. The van der Waals surface area contributed by atoms with Crippen LogP contribution in [0.1, 0.15) is 12.1 Å². The molecule has 0 saturated carbocycles. The number of sulfonamides is 1. The van der Waals surface area contributed by atoms with Crippen LogP contribution in [0.5, 0.6) is 0 Å². The van der Waals surface area contributed by atoms with Crippen LogP contribution in [-0.4, -0.2) is 55.1 Å². The molecule has 0 spiro atoms. The van der Waals surface area contributed by atoms with Gasteiger partial charge in [0.25, 0.3) is 0 Å². The van der Waals surface area contributed by atoms with E-state index in [9.17, 15) is 8.42 Å². The lowest BCUT2D eigenvalue weighted by Crippen LogP contribution is -2.38. The van der Waals surface area contributed by atoms with Crippen molar-refractivity contribution >= 4 is 16.0 Å². The standard InChI is InChI=1S/C11H15N5O2S/c1-15(19(2,17)18)10-4-6-16(8-10)11-13-5-3-9(7-12)14-11/h3,5,10H,4,6,8H2,1-2H3. The van der Waals surface area contributed by atoms with Gasteiger partial charge in [-0.2, -0.15) is 5.26 Å². The quantitative estimate of drug-likeness (QED) is 0.763. The van der Waals surface area contributed by atoms with Crippen molar-refractivity contribution in [2.75, 3.05) is 31.3 Å². The molecule has 8 heteroatoms. The summed E-state index contributed by atoms with van der Waals surface area (Å²) in [6.45, 7) is 1.22. The molecule has 2 rings (SSSR count). The van der Waals surface area contributed by atoms with Gasteiger partial charge < -0.3 is 4.90 Å². The van der Waals surface area contributed by atoms with E-state index in [1.165, 1.54) is 16.8 Å². The van der Waals surface area contributed by atoms with Gasteiger partial charge in [-0.25, -0.2) is 22.7 Å². The van der Waals surface area contributed by atoms with Crippen molar-refractivity contribution in [1.29, 1.82) is 5.26 Å². The molecule has 1 unspecified atom stereocenters. The molecule has 102 valence electrons. The third-order valence-electron chi connectivity index (χ3n) is 3.24. The van der Waals surface area contributed by atoms with Crippen molar-refractivity contribution in [3.63, 3.8) is 0 Å². The average molecular weight is 281 g/mol. The maximum atomic E-state index is 11.5. The summed E-state index contributed by atoms with van der Waals surface area (Å²) in [7, 11) is -1.61. The molecule has 1 aromatic rings. The molecule has 7 nitrogen and oxygen atoms in total. The lowest BCUT2D eigenvalue weighted by molar-refractivity contribution is 0.393. The summed E-state index contributed by atoms with van der Waals surface area (Å²) in [5.74, 6) is 0.475. The van der Waals surface area contributed by atoms with Gasteiger partial charge in [0.2, 0.25) is 16.0 Å². The molecule has 0 N–H and O–H groups in total. The zero-order valence-electron chi connectivity index (χ0n) is 10.8. The minimum atomic E-state index is -3.19. The molecule has 1 aromatic heterocycles. The Morgan fingerprint density at radius 1 is 1.58 bits per heavy atom. The van der Waals surface area contributed by atoms with Crippen molar-refractivity contribution in [2.24, 2.45) is 0 Å². The van der Waals surface area contributed by atoms with Crippen LogP contribution in [0.2, 0.25) is 0 Å². The highest BCUT2D eigenvalue weighted by Gasteiger charge is 2.31. The Labute approximate surface area is 112 Å². The SMILES string of the molecule is CN(C1CCN(c2nccc(C#N)n2)C1)S(C)(=O)=O. The molecule has 1 atom stereocenters. The maximum Gasteiger partial charge on any atom is 0.226 e. The van der Waals surface area contributed by atoms with Crippen LogP contribution >= 0.6 is 0 Å². The molecule has 1 aliphatic heterocycles. The van der Waals surface area contributed by atoms with Crippen LogP contribution in [0, 0.1) is 11.3 Å². The molecule has 1 fully saturated rings. The van der Waals surface area contributed by atoms with Crippen molar-refractivity contribution < 1.29 is 8.42 Å². The highest BCUT2D eigenvalue weighted by Crippen LogP contribution is 2.20. The van der Waals surface area contributed by atoms with Crippen LogP contribution in [0.25, 0.3) is 0 Å². The fourth-order valence-electron chi connectivity index (χ4n) is 2.05. The van der Waals surface area contributed by atoms with Gasteiger partial charge in [-0.05, 0) is 12.5 Å². The van der Waals surface area contributed by atoms with Crippen molar-refractivity contribution in [1.82, 2.24) is 14.3 Å². The number of hydrogen-bond acceptors (Lipinski definition) is 6. The highest BCUT2D eigenvalue weighted by molar-refractivity contribution is 7.88. The first-order valence-corrected chi connectivity index (χ1v) is 7.68. The van der Waals surface area contributed by atoms with Gasteiger partial charge in [0.1, 0.15) is 11.8 Å². The van der Waals surface area contributed by atoms with E-state index >= 15 is 0 Å². The van der Waals surface area contributed by atoms with Gasteiger partial charge in [-0.3, -0.25) is 0 Å². The van der Waals surface area contributed by atoms with Gasteiger partial charge in [-0.1, -0.05) is 0 Å². The smallest absolute Gasteiger partial charge is 0.226 e. The lowest BCUT2D eigenvalue weighted by Gasteiger charge is -2.22. The molecule has 0 amide bonds. The summed E-state index contributed by atoms with van der Waals surface area (Å²) < 4.78 is 24.4. The minimum Gasteiger partial charge on any atom is -0.339 e. The first kappa shape index (κ1) is 13.7. The number of hydrogen-bond donors (Lipinski definition) is 0. The number of aromatic nitrogens is 2. The molecular weight excluding hydrogens is 266 g/mol. The molecule has 0 aliphatic carbocycles. The van der Waals surface area contributed by atoms with Crippen LogP contribution in [0.3, 0.4) is 0 Å². The van der Waals surface area contributed by atoms with Gasteiger partial charge in [0.05, 0.1) is 6.26 Å². The second-order valence-corrected chi connectivity index (χ2v) is 6.56. The van der Waals surface area contributed by atoms with E-state index in [4.69, 9.17) is 5.26 Å². The molecule has 19 heavy (non-hydrogen) atoms. The molecule has 0 aromatic carbocycles. The van der Waals surface area contributed by atoms with E-state index in [0.717, 1.165) is 6.42 Å². The largest absolute Gasteiger partial charge is 0.339 e. The van der Waals surface area contributed by atoms with E-state index < -0.39 is 10.0 Å². The van der Waals surface area contributed by atoms with Gasteiger partial charge in [0, 0.05) is 32.4 Å². The Balaban J connectivity index is 2.12. The van der Waals surface area contributed by atoms with Crippen LogP contribution < -0.4 is 4.90 Å². The monoisotopic (exact) mass is 281 g/mol. The Morgan fingerprint density at radius 2 is 2.32 bits per heavy atom. The number of likely N-dealkylation sites (N-methyl/N-ethyl adjacent to an activating group) is 1. The minimum absolute atomic E-state index is 0.0793. The fraction of sp³-hybridized carbons (Fsp3) is 0.545. The number of nitrogens with zero attached hydrogens (tertiary/aromatic N) is 5. The van der Waals surface area contributed by atoms with Crippen molar-refractivity contribution in [3.05, 3.63) is 18.0 Å². The highest BCUT2D eigenvalue weighted by atomic mass is 32.2. The second-order valence-electron chi connectivity index (χ2n) is 4.52. The first-order valence-electron chi connectivity index (χ1n) is 5.83. The van der Waals surface area contributed by atoms with E-state index in [2.05, 4.69) is 9.97 Å². The first-order chi connectivity index (χ1) is 8.91. The number of rotatable bonds is 3. The molecule has 0 bridgehead atoms. The van der Waals surface area contributed by atoms with Crippen LogP contribution in [0.15, 0.2) is 12.3 Å². The van der Waals surface area contributed by atoms with Crippen LogP contribution in [0.4, 0.5) is 5.95 Å². The molecule has 2 heterocycles. The third-order valence-corrected chi connectivity index (χ3v) is 4.59. The van der Waals surface area contributed by atoms with Gasteiger partial charge in [-0.15, -0.1) is 0 Å². The zero-order chi connectivity index (χ0) is 14.0. The topological polar surface area (TPSA) is 90.2 Å². The number of anilines is 1. The predicted molar refractivity (Wildman–Crippen MR) is 70.0 cm³/mol. The third kappa shape index (κ3) is 3.00. The second kappa shape index (κ2) is 5.11. The molecule has 1 aliphatic rings. The van der Waals surface area contributed by atoms with Crippen molar-refractivity contribution in [2.45, 2.75) is 12.5 Å². The fourth-order valence-corrected chi connectivity index (χ4v) is 2.77. The zero-order valence-corrected chi connectivity index (χ0v) is 11.6. The molecule has 0 radical (unpaired) electrons. The summed E-state index contributed by atoms with van der Waals surface area (Å²) in [6, 6.07) is 3.43. The van der Waals surface area contributed by atoms with Gasteiger partial charge >= 0.3 is 0 Å².